The second kappa shape index (κ2) is 3.96. The van der Waals surface area contributed by atoms with Crippen molar-refractivity contribution in [3.05, 3.63) is 11.9 Å². The van der Waals surface area contributed by atoms with E-state index in [1.807, 2.05) is 0 Å². The molecular weight excluding hydrogens is 240 g/mol. The van der Waals surface area contributed by atoms with Crippen LogP contribution >= 0.6 is 12.2 Å². The van der Waals surface area contributed by atoms with Crippen molar-refractivity contribution >= 4 is 17.1 Å². The largest absolute Gasteiger partial charge is 0.372 e. The van der Waals surface area contributed by atoms with Gasteiger partial charge in [0, 0.05) is 23.4 Å². The van der Waals surface area contributed by atoms with E-state index in [-0.39, 0.29) is 0 Å². The van der Waals surface area contributed by atoms with Crippen molar-refractivity contribution in [1.29, 1.82) is 0 Å². The highest BCUT2D eigenvalue weighted by molar-refractivity contribution is 7.80. The molecule has 1 aliphatic heterocycles. The summed E-state index contributed by atoms with van der Waals surface area (Å²) in [6, 6.07) is 0. The fourth-order valence-corrected chi connectivity index (χ4v) is 5.45. The first-order chi connectivity index (χ1) is 8.71. The first-order valence-electron chi connectivity index (χ1n) is 7.47. The summed E-state index contributed by atoms with van der Waals surface area (Å²) < 4.78 is 0. The second-order valence-corrected chi connectivity index (χ2v) is 7.55. The van der Waals surface area contributed by atoms with Crippen LogP contribution in [0.15, 0.2) is 11.9 Å². The summed E-state index contributed by atoms with van der Waals surface area (Å²) in [7, 11) is 0. The van der Waals surface area contributed by atoms with E-state index in [1.54, 1.807) is 0 Å². The molecule has 1 heterocycles. The first kappa shape index (κ1) is 11.3. The third-order valence-electron chi connectivity index (χ3n) is 5.43. The van der Waals surface area contributed by atoms with E-state index in [0.29, 0.717) is 5.54 Å². The minimum absolute atomic E-state index is 0.403. The van der Waals surface area contributed by atoms with Crippen molar-refractivity contribution in [2.45, 2.75) is 50.5 Å². The van der Waals surface area contributed by atoms with Crippen molar-refractivity contribution in [3.8, 4) is 0 Å². The molecule has 5 rings (SSSR count). The zero-order chi connectivity index (χ0) is 12.2. The molecule has 0 atom stereocenters. The van der Waals surface area contributed by atoms with E-state index >= 15 is 0 Å². The molecule has 0 saturated heterocycles. The molecule has 5 aliphatic rings. The molecule has 4 saturated carbocycles. The monoisotopic (exact) mass is 262 g/mol. The average Bonchev–Trinajstić information content (AvgIpc) is 2.25. The molecule has 0 aromatic rings. The third kappa shape index (κ3) is 1.87. The Morgan fingerprint density at radius 3 is 2.28 bits per heavy atom. The topological polar surface area (TPSA) is 24.1 Å². The van der Waals surface area contributed by atoms with E-state index in [1.165, 1.54) is 44.3 Å². The van der Waals surface area contributed by atoms with Crippen LogP contribution in [0.2, 0.25) is 0 Å². The number of rotatable bonds is 2. The summed E-state index contributed by atoms with van der Waals surface area (Å²) in [5.74, 6) is 4.20. The Morgan fingerprint density at radius 2 is 1.72 bits per heavy atom. The Kier molecular flexibility index (Phi) is 2.48. The number of nitrogens with one attached hydrogen (secondary N) is 2. The highest BCUT2D eigenvalue weighted by atomic mass is 32.1. The van der Waals surface area contributed by atoms with E-state index in [2.05, 4.69) is 16.7 Å². The molecule has 0 spiro atoms. The fraction of sp³-hybridized carbons (Fsp3) is 0.800. The van der Waals surface area contributed by atoms with Gasteiger partial charge in [0.05, 0.1) is 0 Å². The first-order valence-corrected chi connectivity index (χ1v) is 7.88. The van der Waals surface area contributed by atoms with E-state index in [4.69, 9.17) is 12.2 Å². The predicted molar refractivity (Wildman–Crippen MR) is 77.3 cm³/mol. The quantitative estimate of drug-likeness (QED) is 0.748. The van der Waals surface area contributed by atoms with Gasteiger partial charge in [0.2, 0.25) is 0 Å². The van der Waals surface area contributed by atoms with Gasteiger partial charge in [-0.05, 0) is 62.4 Å². The molecular formula is C15H22N2S. The van der Waals surface area contributed by atoms with Gasteiger partial charge in [-0.3, -0.25) is 0 Å². The van der Waals surface area contributed by atoms with Crippen LogP contribution in [0.4, 0.5) is 0 Å². The lowest BCUT2D eigenvalue weighted by molar-refractivity contribution is -0.0156. The molecule has 0 aromatic heterocycles. The van der Waals surface area contributed by atoms with Crippen LogP contribution in [0.25, 0.3) is 0 Å². The van der Waals surface area contributed by atoms with Crippen molar-refractivity contribution in [3.63, 3.8) is 0 Å². The van der Waals surface area contributed by atoms with Gasteiger partial charge in [-0.2, -0.15) is 0 Å². The van der Waals surface area contributed by atoms with Gasteiger partial charge in [-0.1, -0.05) is 12.2 Å². The van der Waals surface area contributed by atoms with Crippen molar-refractivity contribution in [1.82, 2.24) is 10.6 Å². The zero-order valence-electron chi connectivity index (χ0n) is 10.9. The molecule has 4 aliphatic carbocycles. The molecule has 0 unspecified atom stereocenters. The Morgan fingerprint density at radius 1 is 1.11 bits per heavy atom. The Hall–Kier alpha value is -0.570. The van der Waals surface area contributed by atoms with E-state index < -0.39 is 0 Å². The Bertz CT molecular complexity index is 377. The maximum atomic E-state index is 5.34. The normalized spacial score (nSPS) is 45.7. The number of hydrogen-bond donors (Lipinski definition) is 2. The van der Waals surface area contributed by atoms with Crippen LogP contribution in [0, 0.1) is 17.8 Å². The minimum atomic E-state index is 0.403. The average molecular weight is 262 g/mol. The maximum Gasteiger partial charge on any atom is 0.100 e. The predicted octanol–water partition coefficient (Wildman–Crippen LogP) is 2.75. The van der Waals surface area contributed by atoms with Crippen LogP contribution in [0.3, 0.4) is 0 Å². The van der Waals surface area contributed by atoms with Gasteiger partial charge in [0.25, 0.3) is 0 Å². The molecule has 4 fully saturated rings. The summed E-state index contributed by atoms with van der Waals surface area (Å²) in [4.78, 5) is 1.10. The van der Waals surface area contributed by atoms with Crippen LogP contribution in [-0.2, 0) is 0 Å². The summed E-state index contributed by atoms with van der Waals surface area (Å²) >= 11 is 5.34. The third-order valence-corrected chi connectivity index (χ3v) is 5.75. The highest BCUT2D eigenvalue weighted by Crippen LogP contribution is 2.55. The number of thiocarbonyl (C=S) groups is 1. The lowest BCUT2D eigenvalue weighted by atomic mass is 9.53. The van der Waals surface area contributed by atoms with Crippen LogP contribution in [-0.4, -0.2) is 16.9 Å². The minimum Gasteiger partial charge on any atom is -0.372 e. The summed E-state index contributed by atoms with van der Waals surface area (Å²) in [5.41, 5.74) is 0.403. The Balaban J connectivity index is 1.55. The van der Waals surface area contributed by atoms with Gasteiger partial charge in [-0.25, -0.2) is 0 Å². The standard InChI is InChI=1S/C15H22N2S/c18-13-1-2-16-14(6-13)17-15-7-10-3-11(8-15)5-12(4-10)9-15/h6,10-12,16-17H,1-5,7-9H2. The van der Waals surface area contributed by atoms with Gasteiger partial charge in [0.15, 0.2) is 0 Å². The van der Waals surface area contributed by atoms with Crippen LogP contribution in [0.5, 0.6) is 0 Å². The smallest absolute Gasteiger partial charge is 0.100 e. The SMILES string of the molecule is S=C1C=C(NC23CC4CC(CC(C4)C2)C3)NCC1. The maximum absolute atomic E-state index is 5.34. The van der Waals surface area contributed by atoms with Crippen molar-refractivity contribution in [2.24, 2.45) is 17.8 Å². The molecule has 2 nitrogen and oxygen atoms in total. The van der Waals surface area contributed by atoms with Crippen molar-refractivity contribution in [2.75, 3.05) is 6.54 Å². The van der Waals surface area contributed by atoms with Gasteiger partial charge < -0.3 is 10.6 Å². The van der Waals surface area contributed by atoms with Gasteiger partial charge in [-0.15, -0.1) is 0 Å². The molecule has 98 valence electrons. The molecule has 4 bridgehead atoms. The number of hydrogen-bond acceptors (Lipinski definition) is 3. The highest BCUT2D eigenvalue weighted by Gasteiger charge is 2.51. The summed E-state index contributed by atoms with van der Waals surface area (Å²) in [5, 5.41) is 7.34. The number of allylic oxidation sites excluding steroid dienone is 1. The van der Waals surface area contributed by atoms with Crippen LogP contribution in [0.1, 0.15) is 44.9 Å². The van der Waals surface area contributed by atoms with E-state index in [9.17, 15) is 0 Å². The molecule has 3 heteroatoms. The fourth-order valence-electron chi connectivity index (χ4n) is 5.23. The molecule has 18 heavy (non-hydrogen) atoms. The summed E-state index contributed by atoms with van der Waals surface area (Å²) in [6.45, 7) is 1.00. The lowest BCUT2D eigenvalue weighted by Gasteiger charge is -2.57. The molecule has 0 aromatic carbocycles. The Labute approximate surface area is 115 Å². The summed E-state index contributed by atoms with van der Waals surface area (Å²) in [6.07, 6.45) is 11.9. The van der Waals surface area contributed by atoms with Gasteiger partial charge in [0.1, 0.15) is 5.82 Å². The molecule has 0 radical (unpaired) electrons. The van der Waals surface area contributed by atoms with Crippen molar-refractivity contribution < 1.29 is 0 Å². The van der Waals surface area contributed by atoms with Crippen LogP contribution < -0.4 is 10.6 Å². The zero-order valence-corrected chi connectivity index (χ0v) is 11.7. The van der Waals surface area contributed by atoms with E-state index in [0.717, 1.165) is 35.6 Å². The molecule has 2 N–H and O–H groups in total. The second-order valence-electron chi connectivity index (χ2n) is 7.02. The lowest BCUT2D eigenvalue weighted by Crippen LogP contribution is -2.59. The molecule has 0 amide bonds. The van der Waals surface area contributed by atoms with Gasteiger partial charge >= 0.3 is 0 Å².